The van der Waals surface area contributed by atoms with Crippen LogP contribution < -0.4 is 0 Å². The fourth-order valence-electron chi connectivity index (χ4n) is 2.43. The zero-order valence-corrected chi connectivity index (χ0v) is 12.8. The normalized spacial score (nSPS) is 10.9. The third kappa shape index (κ3) is 2.45. The summed E-state index contributed by atoms with van der Waals surface area (Å²) in [4.78, 5) is 16.4. The molecule has 5 heteroatoms. The molecule has 0 saturated carbocycles. The largest absolute Gasteiger partial charge is 0.462 e. The molecule has 0 atom stereocenters. The number of pyridine rings is 1. The third-order valence-electron chi connectivity index (χ3n) is 3.56. The molecule has 5 nitrogen and oxygen atoms in total. The minimum Gasteiger partial charge on any atom is -0.462 e. The standard InChI is InChI=1S/C17H17N3O2/c1-4-22-17(21)15-10-18-20(12(15)3)14-7-8-16-13(9-14)6-5-11(2)19-16/h5-10H,4H2,1-3H3. The maximum Gasteiger partial charge on any atom is 0.341 e. The maximum atomic E-state index is 11.9. The molecule has 0 spiro atoms. The number of ether oxygens (including phenoxy) is 1. The fourth-order valence-corrected chi connectivity index (χ4v) is 2.43. The number of rotatable bonds is 3. The molecular formula is C17H17N3O2. The Bertz CT molecular complexity index is 852. The van der Waals surface area contributed by atoms with Gasteiger partial charge in [-0.1, -0.05) is 6.07 Å². The fraction of sp³-hybridized carbons (Fsp3) is 0.235. The second-order valence-corrected chi connectivity index (χ2v) is 5.11. The Morgan fingerprint density at radius 1 is 1.23 bits per heavy atom. The van der Waals surface area contributed by atoms with Gasteiger partial charge in [0.1, 0.15) is 5.56 Å². The highest BCUT2D eigenvalue weighted by Gasteiger charge is 2.16. The van der Waals surface area contributed by atoms with Gasteiger partial charge in [-0.25, -0.2) is 9.48 Å². The van der Waals surface area contributed by atoms with E-state index in [0.717, 1.165) is 28.0 Å². The van der Waals surface area contributed by atoms with E-state index in [-0.39, 0.29) is 5.97 Å². The first-order chi connectivity index (χ1) is 10.6. The van der Waals surface area contributed by atoms with Gasteiger partial charge in [-0.3, -0.25) is 4.98 Å². The molecule has 1 aromatic carbocycles. The van der Waals surface area contributed by atoms with Gasteiger partial charge in [0.15, 0.2) is 0 Å². The van der Waals surface area contributed by atoms with Crippen LogP contribution in [0.1, 0.15) is 28.7 Å². The van der Waals surface area contributed by atoms with Crippen LogP contribution in [0.5, 0.6) is 0 Å². The summed E-state index contributed by atoms with van der Waals surface area (Å²) >= 11 is 0. The number of carbonyl (C=O) groups excluding carboxylic acids is 1. The second-order valence-electron chi connectivity index (χ2n) is 5.11. The Morgan fingerprint density at radius 3 is 2.82 bits per heavy atom. The molecule has 3 rings (SSSR count). The van der Waals surface area contributed by atoms with E-state index in [4.69, 9.17) is 4.74 Å². The molecular weight excluding hydrogens is 278 g/mol. The average Bonchev–Trinajstić information content (AvgIpc) is 2.89. The summed E-state index contributed by atoms with van der Waals surface area (Å²) in [7, 11) is 0. The number of nitrogens with zero attached hydrogens (tertiary/aromatic N) is 3. The van der Waals surface area contributed by atoms with Crippen molar-refractivity contribution in [1.82, 2.24) is 14.8 Å². The van der Waals surface area contributed by atoms with Crippen LogP contribution in [0.15, 0.2) is 36.5 Å². The summed E-state index contributed by atoms with van der Waals surface area (Å²) in [5.74, 6) is -0.343. The van der Waals surface area contributed by atoms with Gasteiger partial charge < -0.3 is 4.74 Å². The number of benzene rings is 1. The molecule has 112 valence electrons. The van der Waals surface area contributed by atoms with E-state index in [1.165, 1.54) is 0 Å². The second kappa shape index (κ2) is 5.60. The van der Waals surface area contributed by atoms with Crippen LogP contribution >= 0.6 is 0 Å². The molecule has 0 N–H and O–H groups in total. The summed E-state index contributed by atoms with van der Waals surface area (Å²) < 4.78 is 6.78. The number of hydrogen-bond donors (Lipinski definition) is 0. The number of aromatic nitrogens is 3. The highest BCUT2D eigenvalue weighted by Crippen LogP contribution is 2.20. The maximum absolute atomic E-state index is 11.9. The van der Waals surface area contributed by atoms with Gasteiger partial charge in [-0.05, 0) is 45.0 Å². The Labute approximate surface area is 128 Å². The number of hydrogen-bond acceptors (Lipinski definition) is 4. The lowest BCUT2D eigenvalue weighted by Crippen LogP contribution is -2.06. The number of carbonyl (C=O) groups is 1. The number of esters is 1. The van der Waals surface area contributed by atoms with Gasteiger partial charge in [-0.2, -0.15) is 5.10 Å². The van der Waals surface area contributed by atoms with Crippen molar-refractivity contribution in [2.45, 2.75) is 20.8 Å². The van der Waals surface area contributed by atoms with Gasteiger partial charge in [0.2, 0.25) is 0 Å². The van der Waals surface area contributed by atoms with Crippen LogP contribution in [-0.2, 0) is 4.74 Å². The summed E-state index contributed by atoms with van der Waals surface area (Å²) in [5, 5.41) is 5.35. The minimum absolute atomic E-state index is 0.343. The van der Waals surface area contributed by atoms with Gasteiger partial charge in [-0.15, -0.1) is 0 Å². The van der Waals surface area contributed by atoms with E-state index in [0.29, 0.717) is 12.2 Å². The molecule has 0 aliphatic rings. The van der Waals surface area contributed by atoms with E-state index >= 15 is 0 Å². The van der Waals surface area contributed by atoms with E-state index in [1.807, 2.05) is 44.2 Å². The quantitative estimate of drug-likeness (QED) is 0.696. The topological polar surface area (TPSA) is 57.0 Å². The van der Waals surface area contributed by atoms with Crippen LogP contribution in [0, 0.1) is 13.8 Å². The first kappa shape index (κ1) is 14.3. The molecule has 22 heavy (non-hydrogen) atoms. The highest BCUT2D eigenvalue weighted by molar-refractivity contribution is 5.90. The minimum atomic E-state index is -0.343. The Kier molecular flexibility index (Phi) is 3.63. The summed E-state index contributed by atoms with van der Waals surface area (Å²) in [6.45, 7) is 5.97. The molecule has 0 unspecified atom stereocenters. The van der Waals surface area contributed by atoms with Crippen molar-refractivity contribution in [2.24, 2.45) is 0 Å². The first-order valence-electron chi connectivity index (χ1n) is 7.19. The lowest BCUT2D eigenvalue weighted by Gasteiger charge is -2.07. The van der Waals surface area contributed by atoms with E-state index in [2.05, 4.69) is 10.1 Å². The lowest BCUT2D eigenvalue weighted by atomic mass is 10.2. The van der Waals surface area contributed by atoms with E-state index < -0.39 is 0 Å². The number of aryl methyl sites for hydroxylation is 1. The van der Waals surface area contributed by atoms with Crippen molar-refractivity contribution in [3.63, 3.8) is 0 Å². The van der Waals surface area contributed by atoms with Crippen molar-refractivity contribution in [3.8, 4) is 5.69 Å². The molecule has 0 bridgehead atoms. The molecule has 3 aromatic rings. The summed E-state index contributed by atoms with van der Waals surface area (Å²) in [5.41, 5.74) is 4.08. The smallest absolute Gasteiger partial charge is 0.341 e. The molecule has 0 aliphatic carbocycles. The zero-order chi connectivity index (χ0) is 15.7. The highest BCUT2D eigenvalue weighted by atomic mass is 16.5. The van der Waals surface area contributed by atoms with E-state index in [9.17, 15) is 4.79 Å². The molecule has 2 heterocycles. The molecule has 0 amide bonds. The monoisotopic (exact) mass is 295 g/mol. The first-order valence-corrected chi connectivity index (χ1v) is 7.19. The zero-order valence-electron chi connectivity index (χ0n) is 12.8. The molecule has 0 saturated heterocycles. The van der Waals surface area contributed by atoms with Crippen LogP contribution in [0.25, 0.3) is 16.6 Å². The van der Waals surface area contributed by atoms with Crippen molar-refractivity contribution in [2.75, 3.05) is 6.61 Å². The Hall–Kier alpha value is -2.69. The van der Waals surface area contributed by atoms with Crippen LogP contribution in [0.3, 0.4) is 0 Å². The van der Waals surface area contributed by atoms with Crippen LogP contribution in [0.4, 0.5) is 0 Å². The summed E-state index contributed by atoms with van der Waals surface area (Å²) in [6, 6.07) is 9.93. The van der Waals surface area contributed by atoms with Gasteiger partial charge in [0, 0.05) is 11.1 Å². The van der Waals surface area contributed by atoms with Crippen molar-refractivity contribution < 1.29 is 9.53 Å². The SMILES string of the molecule is CCOC(=O)c1cnn(-c2ccc3nc(C)ccc3c2)c1C. The molecule has 0 radical (unpaired) electrons. The number of fused-ring (bicyclic) bond motifs is 1. The lowest BCUT2D eigenvalue weighted by molar-refractivity contribution is 0.0525. The molecule has 0 aliphatic heterocycles. The molecule has 2 aromatic heterocycles. The Balaban J connectivity index is 2.04. The van der Waals surface area contributed by atoms with Crippen molar-refractivity contribution in [1.29, 1.82) is 0 Å². The molecule has 0 fully saturated rings. The van der Waals surface area contributed by atoms with Crippen LogP contribution in [0.2, 0.25) is 0 Å². The average molecular weight is 295 g/mol. The van der Waals surface area contributed by atoms with Gasteiger partial charge in [0.05, 0.1) is 29.7 Å². The predicted molar refractivity (Wildman–Crippen MR) is 84.3 cm³/mol. The Morgan fingerprint density at radius 2 is 2.05 bits per heavy atom. The van der Waals surface area contributed by atoms with Crippen molar-refractivity contribution >= 4 is 16.9 Å². The third-order valence-corrected chi connectivity index (χ3v) is 3.56. The van der Waals surface area contributed by atoms with Crippen molar-refractivity contribution in [3.05, 3.63) is 53.5 Å². The summed E-state index contributed by atoms with van der Waals surface area (Å²) in [6.07, 6.45) is 1.55. The van der Waals surface area contributed by atoms with Crippen LogP contribution in [-0.4, -0.2) is 27.3 Å². The van der Waals surface area contributed by atoms with Gasteiger partial charge in [0.25, 0.3) is 0 Å². The van der Waals surface area contributed by atoms with E-state index in [1.54, 1.807) is 17.8 Å². The van der Waals surface area contributed by atoms with Gasteiger partial charge >= 0.3 is 5.97 Å². The predicted octanol–water partition coefficient (Wildman–Crippen LogP) is 3.21.